The summed E-state index contributed by atoms with van der Waals surface area (Å²) >= 11 is 0. The first kappa shape index (κ1) is 12.4. The van der Waals surface area contributed by atoms with E-state index in [9.17, 15) is 9.59 Å². The number of hydrogen-bond donors (Lipinski definition) is 1. The van der Waals surface area contributed by atoms with Gasteiger partial charge in [0, 0.05) is 23.9 Å². The van der Waals surface area contributed by atoms with E-state index < -0.39 is 6.04 Å². The highest BCUT2D eigenvalue weighted by Gasteiger charge is 2.14. The van der Waals surface area contributed by atoms with Crippen LogP contribution in [0.25, 0.3) is 0 Å². The van der Waals surface area contributed by atoms with E-state index in [1.54, 1.807) is 32.2 Å². The zero-order chi connectivity index (χ0) is 12.1. The standard InChI is InChI=1S/C12H16N2O2/c1-4-11(15)9(3)14-12(16)10-5-6-13-8(2)7-10/h5-7,9H,4H2,1-3H3,(H,14,16). The number of aromatic nitrogens is 1. The second-order valence-corrected chi connectivity index (χ2v) is 3.70. The van der Waals surface area contributed by atoms with Crippen molar-refractivity contribution in [3.8, 4) is 0 Å². The second kappa shape index (κ2) is 5.39. The second-order valence-electron chi connectivity index (χ2n) is 3.70. The van der Waals surface area contributed by atoms with Gasteiger partial charge in [-0.25, -0.2) is 0 Å². The van der Waals surface area contributed by atoms with Crippen LogP contribution in [-0.4, -0.2) is 22.7 Å². The van der Waals surface area contributed by atoms with E-state index in [1.807, 2.05) is 6.92 Å². The molecule has 86 valence electrons. The minimum Gasteiger partial charge on any atom is -0.343 e. The van der Waals surface area contributed by atoms with Gasteiger partial charge in [0.25, 0.3) is 5.91 Å². The Hall–Kier alpha value is -1.71. The molecule has 0 aliphatic rings. The molecule has 0 saturated carbocycles. The molecule has 1 amide bonds. The summed E-state index contributed by atoms with van der Waals surface area (Å²) < 4.78 is 0. The molecular formula is C12H16N2O2. The molecule has 4 heteroatoms. The van der Waals surface area contributed by atoms with E-state index in [0.717, 1.165) is 5.69 Å². The molecule has 0 fully saturated rings. The van der Waals surface area contributed by atoms with E-state index in [1.165, 1.54) is 0 Å². The van der Waals surface area contributed by atoms with E-state index in [-0.39, 0.29) is 11.7 Å². The maximum absolute atomic E-state index is 11.7. The van der Waals surface area contributed by atoms with Crippen LogP contribution in [0.5, 0.6) is 0 Å². The van der Waals surface area contributed by atoms with Crippen LogP contribution in [0.3, 0.4) is 0 Å². The number of carbonyl (C=O) groups is 2. The average molecular weight is 220 g/mol. The molecule has 1 unspecified atom stereocenters. The lowest BCUT2D eigenvalue weighted by Gasteiger charge is -2.11. The van der Waals surface area contributed by atoms with Gasteiger partial charge >= 0.3 is 0 Å². The highest BCUT2D eigenvalue weighted by molar-refractivity contribution is 5.97. The summed E-state index contributed by atoms with van der Waals surface area (Å²) in [7, 11) is 0. The molecule has 0 spiro atoms. The Labute approximate surface area is 95.1 Å². The lowest BCUT2D eigenvalue weighted by Crippen LogP contribution is -2.38. The number of aryl methyl sites for hydroxylation is 1. The quantitative estimate of drug-likeness (QED) is 0.836. The van der Waals surface area contributed by atoms with Gasteiger partial charge in [-0.05, 0) is 26.0 Å². The van der Waals surface area contributed by atoms with E-state index >= 15 is 0 Å². The smallest absolute Gasteiger partial charge is 0.251 e. The molecule has 1 heterocycles. The number of amides is 1. The van der Waals surface area contributed by atoms with Crippen molar-refractivity contribution < 1.29 is 9.59 Å². The summed E-state index contributed by atoms with van der Waals surface area (Å²) in [6.07, 6.45) is 2.01. The average Bonchev–Trinajstić information content (AvgIpc) is 2.27. The number of pyridine rings is 1. The molecule has 1 atom stereocenters. The highest BCUT2D eigenvalue weighted by Crippen LogP contribution is 2.01. The molecule has 16 heavy (non-hydrogen) atoms. The first-order valence-corrected chi connectivity index (χ1v) is 5.30. The number of rotatable bonds is 4. The van der Waals surface area contributed by atoms with Crippen molar-refractivity contribution in [2.45, 2.75) is 33.2 Å². The summed E-state index contributed by atoms with van der Waals surface area (Å²) in [5.41, 5.74) is 1.31. The van der Waals surface area contributed by atoms with Gasteiger partial charge in [-0.1, -0.05) is 6.92 Å². The van der Waals surface area contributed by atoms with Crippen molar-refractivity contribution in [2.75, 3.05) is 0 Å². The normalized spacial score (nSPS) is 11.9. The number of nitrogens with zero attached hydrogens (tertiary/aromatic N) is 1. The molecule has 0 aromatic carbocycles. The van der Waals surface area contributed by atoms with Crippen molar-refractivity contribution in [1.29, 1.82) is 0 Å². The van der Waals surface area contributed by atoms with Crippen LogP contribution in [0.1, 0.15) is 36.3 Å². The summed E-state index contributed by atoms with van der Waals surface area (Å²) in [6, 6.07) is 2.88. The Bertz CT molecular complexity index is 402. The maximum Gasteiger partial charge on any atom is 0.251 e. The van der Waals surface area contributed by atoms with E-state index in [4.69, 9.17) is 0 Å². The van der Waals surface area contributed by atoms with Crippen molar-refractivity contribution in [3.63, 3.8) is 0 Å². The monoisotopic (exact) mass is 220 g/mol. The Morgan fingerprint density at radius 2 is 2.19 bits per heavy atom. The summed E-state index contributed by atoms with van der Waals surface area (Å²) in [5.74, 6) is -0.209. The van der Waals surface area contributed by atoms with Crippen molar-refractivity contribution in [3.05, 3.63) is 29.6 Å². The number of Topliss-reactive ketones (excluding diaryl/α,β-unsaturated/α-hetero) is 1. The third-order valence-electron chi connectivity index (χ3n) is 2.34. The first-order chi connectivity index (χ1) is 7.54. The lowest BCUT2D eigenvalue weighted by molar-refractivity contribution is -0.120. The molecule has 0 aliphatic carbocycles. The van der Waals surface area contributed by atoms with Crippen LogP contribution in [0.15, 0.2) is 18.3 Å². The molecule has 1 aromatic heterocycles. The zero-order valence-corrected chi connectivity index (χ0v) is 9.78. The molecule has 0 saturated heterocycles. The molecule has 4 nitrogen and oxygen atoms in total. The molecule has 1 rings (SSSR count). The fraction of sp³-hybridized carbons (Fsp3) is 0.417. The van der Waals surface area contributed by atoms with Crippen LogP contribution in [-0.2, 0) is 4.79 Å². The molecular weight excluding hydrogens is 204 g/mol. The predicted octanol–water partition coefficient (Wildman–Crippen LogP) is 1.49. The van der Waals surface area contributed by atoms with Gasteiger partial charge in [0.1, 0.15) is 0 Å². The first-order valence-electron chi connectivity index (χ1n) is 5.30. The summed E-state index contributed by atoms with van der Waals surface area (Å²) in [5, 5.41) is 2.66. The topological polar surface area (TPSA) is 59.1 Å². The van der Waals surface area contributed by atoms with Gasteiger partial charge in [-0.2, -0.15) is 0 Å². The van der Waals surface area contributed by atoms with Gasteiger partial charge < -0.3 is 5.32 Å². The van der Waals surface area contributed by atoms with Crippen molar-refractivity contribution in [2.24, 2.45) is 0 Å². The third-order valence-corrected chi connectivity index (χ3v) is 2.34. The van der Waals surface area contributed by atoms with E-state index in [0.29, 0.717) is 12.0 Å². The van der Waals surface area contributed by atoms with Crippen LogP contribution < -0.4 is 5.32 Å². The van der Waals surface area contributed by atoms with Crippen LogP contribution in [0.2, 0.25) is 0 Å². The molecule has 1 N–H and O–H groups in total. The maximum atomic E-state index is 11.7. The minimum atomic E-state index is -0.439. The largest absolute Gasteiger partial charge is 0.343 e. The molecule has 0 aliphatic heterocycles. The van der Waals surface area contributed by atoms with Gasteiger partial charge in [-0.15, -0.1) is 0 Å². The van der Waals surface area contributed by atoms with Gasteiger partial charge in [0.05, 0.1) is 6.04 Å². The summed E-state index contributed by atoms with van der Waals surface area (Å²) in [6.45, 7) is 5.29. The number of hydrogen-bond acceptors (Lipinski definition) is 3. The zero-order valence-electron chi connectivity index (χ0n) is 9.78. The van der Waals surface area contributed by atoms with Crippen LogP contribution in [0, 0.1) is 6.92 Å². The Balaban J connectivity index is 2.69. The third kappa shape index (κ3) is 3.15. The summed E-state index contributed by atoms with van der Waals surface area (Å²) in [4.78, 5) is 27.1. The Morgan fingerprint density at radius 1 is 1.50 bits per heavy atom. The molecule has 0 bridgehead atoms. The van der Waals surface area contributed by atoms with Gasteiger partial charge in [-0.3, -0.25) is 14.6 Å². The SMILES string of the molecule is CCC(=O)C(C)NC(=O)c1ccnc(C)c1. The Kier molecular flexibility index (Phi) is 4.17. The van der Waals surface area contributed by atoms with Crippen LogP contribution >= 0.6 is 0 Å². The predicted molar refractivity (Wildman–Crippen MR) is 61.2 cm³/mol. The fourth-order valence-corrected chi connectivity index (χ4v) is 1.35. The lowest BCUT2D eigenvalue weighted by atomic mass is 10.1. The van der Waals surface area contributed by atoms with Gasteiger partial charge in [0.2, 0.25) is 0 Å². The van der Waals surface area contributed by atoms with Crippen LogP contribution in [0.4, 0.5) is 0 Å². The van der Waals surface area contributed by atoms with Gasteiger partial charge in [0.15, 0.2) is 5.78 Å². The number of carbonyl (C=O) groups excluding carboxylic acids is 2. The van der Waals surface area contributed by atoms with E-state index in [2.05, 4.69) is 10.3 Å². The highest BCUT2D eigenvalue weighted by atomic mass is 16.2. The molecule has 0 radical (unpaired) electrons. The van der Waals surface area contributed by atoms with Crippen molar-refractivity contribution in [1.82, 2.24) is 10.3 Å². The number of ketones is 1. The molecule has 1 aromatic rings. The fourth-order valence-electron chi connectivity index (χ4n) is 1.35. The Morgan fingerprint density at radius 3 is 2.75 bits per heavy atom. The minimum absolute atomic E-state index is 0.0270. The number of nitrogens with one attached hydrogen (secondary N) is 1. The van der Waals surface area contributed by atoms with Crippen molar-refractivity contribution >= 4 is 11.7 Å².